The minimum absolute atomic E-state index is 0.936. The van der Waals surface area contributed by atoms with Crippen LogP contribution in [0.5, 0.6) is 0 Å². The molecule has 1 aromatic rings. The second-order valence-electron chi connectivity index (χ2n) is 2.67. The van der Waals surface area contributed by atoms with E-state index in [1.54, 1.807) is 6.26 Å². The van der Waals surface area contributed by atoms with E-state index < -0.39 is 0 Å². The molecule has 1 heterocycles. The molecule has 0 atom stereocenters. The van der Waals surface area contributed by atoms with Crippen LogP contribution in [0, 0.1) is 6.92 Å². The van der Waals surface area contributed by atoms with E-state index in [4.69, 9.17) is 4.42 Å². The lowest BCUT2D eigenvalue weighted by Crippen LogP contribution is -1.63. The predicted molar refractivity (Wildman–Crippen MR) is 47.3 cm³/mol. The lowest BCUT2D eigenvalue weighted by atomic mass is 10.2. The SMILES string of the molecule is C=C(C)/C=C\c1coc(C)c1. The predicted octanol–water partition coefficient (Wildman–Crippen LogP) is 3.18. The largest absolute Gasteiger partial charge is 0.469 e. The maximum absolute atomic E-state index is 5.12. The Bertz CT molecular complexity index is 279. The highest BCUT2D eigenvalue weighted by atomic mass is 16.3. The van der Waals surface area contributed by atoms with Gasteiger partial charge >= 0.3 is 0 Å². The van der Waals surface area contributed by atoms with Gasteiger partial charge in [-0.2, -0.15) is 0 Å². The summed E-state index contributed by atoms with van der Waals surface area (Å²) in [6.45, 7) is 7.65. The van der Waals surface area contributed by atoms with E-state index in [1.807, 2.05) is 32.1 Å². The topological polar surface area (TPSA) is 13.1 Å². The van der Waals surface area contributed by atoms with Gasteiger partial charge in [0.2, 0.25) is 0 Å². The summed E-state index contributed by atoms with van der Waals surface area (Å²) >= 11 is 0. The van der Waals surface area contributed by atoms with Gasteiger partial charge in [0.25, 0.3) is 0 Å². The molecule has 0 saturated heterocycles. The Kier molecular flexibility index (Phi) is 2.32. The first-order valence-electron chi connectivity index (χ1n) is 3.57. The molecule has 0 amide bonds. The average Bonchev–Trinajstić information content (AvgIpc) is 2.31. The average molecular weight is 148 g/mol. The van der Waals surface area contributed by atoms with Crippen molar-refractivity contribution in [3.63, 3.8) is 0 Å². The van der Waals surface area contributed by atoms with Gasteiger partial charge in [-0.05, 0) is 19.9 Å². The molecule has 1 rings (SSSR count). The van der Waals surface area contributed by atoms with Gasteiger partial charge in [-0.1, -0.05) is 24.3 Å². The van der Waals surface area contributed by atoms with Crippen LogP contribution in [0.15, 0.2) is 35.0 Å². The molecule has 58 valence electrons. The molecule has 11 heavy (non-hydrogen) atoms. The summed E-state index contributed by atoms with van der Waals surface area (Å²) in [6, 6.07) is 1.99. The Hall–Kier alpha value is -1.24. The molecule has 1 aromatic heterocycles. The molecule has 1 heteroatoms. The number of furan rings is 1. The molecule has 1 nitrogen and oxygen atoms in total. The van der Waals surface area contributed by atoms with Gasteiger partial charge in [-0.25, -0.2) is 0 Å². The van der Waals surface area contributed by atoms with Gasteiger partial charge in [0.1, 0.15) is 5.76 Å². The van der Waals surface area contributed by atoms with Crippen molar-refractivity contribution in [3.8, 4) is 0 Å². The van der Waals surface area contributed by atoms with Gasteiger partial charge in [-0.15, -0.1) is 0 Å². The van der Waals surface area contributed by atoms with Crippen LogP contribution in [0.25, 0.3) is 6.08 Å². The third-order valence-corrected chi connectivity index (χ3v) is 1.31. The first kappa shape index (κ1) is 7.86. The standard InChI is InChI=1S/C10H12O/c1-8(2)4-5-10-6-9(3)11-7-10/h4-7H,1H2,2-3H3/b5-4-. The highest BCUT2D eigenvalue weighted by molar-refractivity contribution is 5.51. The molecule has 0 saturated carbocycles. The number of hydrogen-bond donors (Lipinski definition) is 0. The molecular weight excluding hydrogens is 136 g/mol. The second kappa shape index (κ2) is 3.24. The third-order valence-electron chi connectivity index (χ3n) is 1.31. The van der Waals surface area contributed by atoms with Crippen molar-refractivity contribution in [3.05, 3.63) is 41.9 Å². The van der Waals surface area contributed by atoms with E-state index in [1.165, 1.54) is 0 Å². The Morgan fingerprint density at radius 3 is 2.82 bits per heavy atom. The van der Waals surface area contributed by atoms with Crippen LogP contribution >= 0.6 is 0 Å². The summed E-state index contributed by atoms with van der Waals surface area (Å²) in [4.78, 5) is 0. The van der Waals surface area contributed by atoms with E-state index in [-0.39, 0.29) is 0 Å². The normalized spacial score (nSPS) is 10.7. The van der Waals surface area contributed by atoms with Gasteiger partial charge < -0.3 is 4.42 Å². The van der Waals surface area contributed by atoms with Crippen LogP contribution in [0.4, 0.5) is 0 Å². The van der Waals surface area contributed by atoms with Gasteiger partial charge in [0.05, 0.1) is 6.26 Å². The van der Waals surface area contributed by atoms with Crippen LogP contribution in [0.3, 0.4) is 0 Å². The molecule has 0 aliphatic rings. The monoisotopic (exact) mass is 148 g/mol. The first-order valence-corrected chi connectivity index (χ1v) is 3.57. The highest BCUT2D eigenvalue weighted by Crippen LogP contribution is 2.08. The van der Waals surface area contributed by atoms with Crippen molar-refractivity contribution in [1.82, 2.24) is 0 Å². The summed E-state index contributed by atoms with van der Waals surface area (Å²) in [5.74, 6) is 0.936. The Morgan fingerprint density at radius 2 is 2.36 bits per heavy atom. The fourth-order valence-electron chi connectivity index (χ4n) is 0.790. The maximum Gasteiger partial charge on any atom is 0.101 e. The van der Waals surface area contributed by atoms with Crippen molar-refractivity contribution < 1.29 is 4.42 Å². The Balaban J connectivity index is 2.71. The number of rotatable bonds is 2. The number of aryl methyl sites for hydroxylation is 1. The molecule has 0 spiro atoms. The van der Waals surface area contributed by atoms with Gasteiger partial charge in [0.15, 0.2) is 0 Å². The summed E-state index contributed by atoms with van der Waals surface area (Å²) in [5.41, 5.74) is 2.13. The van der Waals surface area contributed by atoms with Crippen molar-refractivity contribution >= 4 is 6.08 Å². The number of allylic oxidation sites excluding steroid dienone is 2. The molecule has 0 aliphatic heterocycles. The zero-order valence-electron chi connectivity index (χ0n) is 6.92. The van der Waals surface area contributed by atoms with Crippen LogP contribution in [0.1, 0.15) is 18.2 Å². The highest BCUT2D eigenvalue weighted by Gasteiger charge is 1.90. The lowest BCUT2D eigenvalue weighted by molar-refractivity contribution is 0.534. The van der Waals surface area contributed by atoms with E-state index in [2.05, 4.69) is 6.58 Å². The third kappa shape index (κ3) is 2.46. The van der Waals surface area contributed by atoms with E-state index in [0.717, 1.165) is 16.9 Å². The van der Waals surface area contributed by atoms with Crippen LogP contribution < -0.4 is 0 Å². The summed E-state index contributed by atoms with van der Waals surface area (Å²) < 4.78 is 5.12. The molecule has 0 bridgehead atoms. The Morgan fingerprint density at radius 1 is 1.64 bits per heavy atom. The van der Waals surface area contributed by atoms with Crippen LogP contribution in [0.2, 0.25) is 0 Å². The van der Waals surface area contributed by atoms with Crippen LogP contribution in [-0.4, -0.2) is 0 Å². The zero-order chi connectivity index (χ0) is 8.27. The van der Waals surface area contributed by atoms with E-state index in [9.17, 15) is 0 Å². The minimum atomic E-state index is 0.936. The number of hydrogen-bond acceptors (Lipinski definition) is 1. The molecule has 0 fully saturated rings. The van der Waals surface area contributed by atoms with Crippen LogP contribution in [-0.2, 0) is 0 Å². The molecule has 0 radical (unpaired) electrons. The van der Waals surface area contributed by atoms with Crippen molar-refractivity contribution in [2.75, 3.05) is 0 Å². The first-order chi connectivity index (χ1) is 5.18. The quantitative estimate of drug-likeness (QED) is 0.587. The van der Waals surface area contributed by atoms with Crippen molar-refractivity contribution in [2.45, 2.75) is 13.8 Å². The smallest absolute Gasteiger partial charge is 0.101 e. The van der Waals surface area contributed by atoms with Crippen molar-refractivity contribution in [2.24, 2.45) is 0 Å². The summed E-state index contributed by atoms with van der Waals surface area (Å²) in [6.07, 6.45) is 5.68. The fourth-order valence-corrected chi connectivity index (χ4v) is 0.790. The fraction of sp³-hybridized carbons (Fsp3) is 0.200. The van der Waals surface area contributed by atoms with Gasteiger partial charge in [0, 0.05) is 5.56 Å². The molecular formula is C10H12O. The maximum atomic E-state index is 5.12. The second-order valence-corrected chi connectivity index (χ2v) is 2.67. The summed E-state index contributed by atoms with van der Waals surface area (Å²) in [5, 5.41) is 0. The van der Waals surface area contributed by atoms with Gasteiger partial charge in [-0.3, -0.25) is 0 Å². The molecule has 0 aromatic carbocycles. The molecule has 0 aliphatic carbocycles. The Labute approximate surface area is 67.0 Å². The lowest BCUT2D eigenvalue weighted by Gasteiger charge is -1.82. The molecule has 0 unspecified atom stereocenters. The minimum Gasteiger partial charge on any atom is -0.469 e. The van der Waals surface area contributed by atoms with E-state index >= 15 is 0 Å². The summed E-state index contributed by atoms with van der Waals surface area (Å²) in [7, 11) is 0. The molecule has 0 N–H and O–H groups in total. The van der Waals surface area contributed by atoms with Crippen molar-refractivity contribution in [1.29, 1.82) is 0 Å². The van der Waals surface area contributed by atoms with E-state index in [0.29, 0.717) is 0 Å². The zero-order valence-corrected chi connectivity index (χ0v) is 6.92.